The quantitative estimate of drug-likeness (QED) is 0.527. The number of thiophene rings is 1. The number of hydrogen-bond acceptors (Lipinski definition) is 4. The Bertz CT molecular complexity index is 679. The van der Waals surface area contributed by atoms with Crippen LogP contribution < -0.4 is 20.5 Å². The van der Waals surface area contributed by atoms with Gasteiger partial charge in [0.1, 0.15) is 0 Å². The highest BCUT2D eigenvalue weighted by Gasteiger charge is 2.11. The number of hydrogen-bond donors (Lipinski definition) is 2. The number of nitrogens with two attached hydrogens (primary N) is 1. The molecule has 0 fully saturated rings. The summed E-state index contributed by atoms with van der Waals surface area (Å²) in [5.74, 6) is 0.661. The van der Waals surface area contributed by atoms with Crippen LogP contribution in [0.3, 0.4) is 0 Å². The predicted molar refractivity (Wildman–Crippen MR) is 95.8 cm³/mol. The fraction of sp³-hybridized carbons (Fsp3) is 0.353. The molecule has 1 heterocycles. The molecule has 0 saturated heterocycles. The zero-order valence-corrected chi connectivity index (χ0v) is 14.7. The number of rotatable bonds is 9. The second-order valence-corrected chi connectivity index (χ2v) is 6.17. The molecule has 5 nitrogen and oxygen atoms in total. The fourth-order valence-corrected chi connectivity index (χ4v) is 2.90. The maximum atomic E-state index is 12.4. The first kappa shape index (κ1) is 19.0. The fourth-order valence-electron chi connectivity index (χ4n) is 2.20. The van der Waals surface area contributed by atoms with Crippen molar-refractivity contribution in [1.29, 1.82) is 0 Å². The van der Waals surface area contributed by atoms with Crippen molar-refractivity contribution in [2.24, 2.45) is 10.7 Å². The molecule has 0 unspecified atom stereocenters. The lowest BCUT2D eigenvalue weighted by Crippen LogP contribution is -2.33. The number of ether oxygens (including phenoxy) is 2. The van der Waals surface area contributed by atoms with Crippen molar-refractivity contribution in [2.75, 3.05) is 20.2 Å². The first-order valence-corrected chi connectivity index (χ1v) is 8.64. The molecular formula is C17H21F2N3O2S. The number of nitrogens with one attached hydrogen (secondary N) is 1. The average Bonchev–Trinajstić information content (AvgIpc) is 3.08. The number of aliphatic imine (C=N–C) groups is 1. The second-order valence-electron chi connectivity index (χ2n) is 5.14. The third kappa shape index (κ3) is 6.58. The van der Waals surface area contributed by atoms with Crippen molar-refractivity contribution < 1.29 is 18.3 Å². The van der Waals surface area contributed by atoms with Gasteiger partial charge in [-0.15, -0.1) is 11.3 Å². The summed E-state index contributed by atoms with van der Waals surface area (Å²) in [6.07, 6.45) is 1.44. The minimum atomic E-state index is -2.90. The van der Waals surface area contributed by atoms with E-state index >= 15 is 0 Å². The molecule has 0 aliphatic heterocycles. The van der Waals surface area contributed by atoms with Crippen LogP contribution >= 0.6 is 11.3 Å². The van der Waals surface area contributed by atoms with Gasteiger partial charge in [0.15, 0.2) is 17.5 Å². The van der Waals surface area contributed by atoms with E-state index in [1.807, 2.05) is 11.4 Å². The first-order valence-electron chi connectivity index (χ1n) is 7.76. The summed E-state index contributed by atoms with van der Waals surface area (Å²) < 4.78 is 34.3. The zero-order chi connectivity index (χ0) is 18.1. The molecule has 1 aromatic carbocycles. The molecular weight excluding hydrogens is 348 g/mol. The van der Waals surface area contributed by atoms with Gasteiger partial charge >= 0.3 is 6.61 Å². The van der Waals surface area contributed by atoms with Gasteiger partial charge in [0.2, 0.25) is 0 Å². The Hall–Kier alpha value is -2.35. The minimum Gasteiger partial charge on any atom is -0.493 e. The lowest BCUT2D eigenvalue weighted by molar-refractivity contribution is -0.0512. The molecule has 0 aliphatic rings. The van der Waals surface area contributed by atoms with E-state index in [2.05, 4.69) is 21.1 Å². The van der Waals surface area contributed by atoms with Crippen molar-refractivity contribution in [3.63, 3.8) is 0 Å². The van der Waals surface area contributed by atoms with Crippen LogP contribution in [0.1, 0.15) is 10.4 Å². The monoisotopic (exact) mass is 369 g/mol. The molecule has 1 aromatic heterocycles. The Kier molecular flexibility index (Phi) is 7.46. The largest absolute Gasteiger partial charge is 0.493 e. The molecule has 25 heavy (non-hydrogen) atoms. The predicted octanol–water partition coefficient (Wildman–Crippen LogP) is 3.05. The molecule has 0 radical (unpaired) electrons. The molecule has 0 spiro atoms. The molecule has 0 atom stereocenters. The van der Waals surface area contributed by atoms with Crippen LogP contribution in [0.5, 0.6) is 11.5 Å². The maximum absolute atomic E-state index is 12.4. The smallest absolute Gasteiger partial charge is 0.387 e. The van der Waals surface area contributed by atoms with E-state index in [4.69, 9.17) is 10.5 Å². The third-order valence-corrected chi connectivity index (χ3v) is 4.32. The van der Waals surface area contributed by atoms with E-state index < -0.39 is 6.61 Å². The normalized spacial score (nSPS) is 11.6. The molecule has 3 N–H and O–H groups in total. The van der Waals surface area contributed by atoms with Gasteiger partial charge in [-0.2, -0.15) is 8.78 Å². The first-order chi connectivity index (χ1) is 12.1. The molecule has 0 saturated carbocycles. The highest BCUT2D eigenvalue weighted by Crippen LogP contribution is 2.29. The Morgan fingerprint density at radius 3 is 2.80 bits per heavy atom. The van der Waals surface area contributed by atoms with Gasteiger partial charge in [-0.1, -0.05) is 12.1 Å². The van der Waals surface area contributed by atoms with E-state index in [0.29, 0.717) is 25.5 Å². The standard InChI is InChI=1S/C17H21F2N3O2S/c1-23-14-5-4-12(11-15(14)24-16(18)19)6-8-21-17(20)22-9-7-13-3-2-10-25-13/h2-5,10-11,16H,6-9H2,1H3,(H3,20,21,22). The van der Waals surface area contributed by atoms with Gasteiger partial charge in [-0.3, -0.25) is 4.99 Å². The van der Waals surface area contributed by atoms with E-state index in [-0.39, 0.29) is 11.5 Å². The number of nitrogens with zero attached hydrogens (tertiary/aromatic N) is 1. The van der Waals surface area contributed by atoms with E-state index in [9.17, 15) is 8.78 Å². The average molecular weight is 369 g/mol. The molecule has 8 heteroatoms. The molecule has 2 aromatic rings. The van der Waals surface area contributed by atoms with Crippen LogP contribution in [-0.2, 0) is 12.8 Å². The van der Waals surface area contributed by atoms with Crippen LogP contribution in [0.4, 0.5) is 8.78 Å². The van der Waals surface area contributed by atoms with Crippen LogP contribution in [0.15, 0.2) is 40.7 Å². The Morgan fingerprint density at radius 1 is 1.28 bits per heavy atom. The summed E-state index contributed by atoms with van der Waals surface area (Å²) in [6.45, 7) is -1.74. The zero-order valence-electron chi connectivity index (χ0n) is 13.9. The summed E-state index contributed by atoms with van der Waals surface area (Å²) in [5.41, 5.74) is 6.65. The number of benzene rings is 1. The Morgan fingerprint density at radius 2 is 2.12 bits per heavy atom. The van der Waals surface area contributed by atoms with Crippen LogP contribution in [0.2, 0.25) is 0 Å². The highest BCUT2D eigenvalue weighted by molar-refractivity contribution is 7.09. The lowest BCUT2D eigenvalue weighted by atomic mass is 10.1. The van der Waals surface area contributed by atoms with Gasteiger partial charge < -0.3 is 20.5 Å². The summed E-state index contributed by atoms with van der Waals surface area (Å²) in [7, 11) is 1.41. The van der Waals surface area contributed by atoms with E-state index in [1.165, 1.54) is 18.1 Å². The van der Waals surface area contributed by atoms with Crippen LogP contribution in [0, 0.1) is 0 Å². The molecule has 0 aliphatic carbocycles. The topological polar surface area (TPSA) is 68.9 Å². The lowest BCUT2D eigenvalue weighted by Gasteiger charge is -2.12. The van der Waals surface area contributed by atoms with Gasteiger partial charge in [0.05, 0.1) is 7.11 Å². The summed E-state index contributed by atoms with van der Waals surface area (Å²) in [6, 6.07) is 9.00. The number of alkyl halides is 2. The number of halogens is 2. The van der Waals surface area contributed by atoms with Gasteiger partial charge in [-0.05, 0) is 35.6 Å². The van der Waals surface area contributed by atoms with Gasteiger partial charge in [0.25, 0.3) is 0 Å². The van der Waals surface area contributed by atoms with Crippen molar-refractivity contribution in [2.45, 2.75) is 19.5 Å². The molecule has 2 rings (SSSR count). The number of guanidine groups is 1. The van der Waals surface area contributed by atoms with Gasteiger partial charge in [0, 0.05) is 24.4 Å². The summed E-state index contributed by atoms with van der Waals surface area (Å²) >= 11 is 1.69. The van der Waals surface area contributed by atoms with Crippen LogP contribution in [0.25, 0.3) is 0 Å². The minimum absolute atomic E-state index is 0.0209. The molecule has 0 bridgehead atoms. The highest BCUT2D eigenvalue weighted by atomic mass is 32.1. The summed E-state index contributed by atoms with van der Waals surface area (Å²) in [4.78, 5) is 5.53. The second kappa shape index (κ2) is 9.83. The SMILES string of the molecule is COc1ccc(CCNC(N)=NCCc2cccs2)cc1OC(F)F. The Balaban J connectivity index is 1.80. The van der Waals surface area contributed by atoms with Crippen LogP contribution in [-0.4, -0.2) is 32.8 Å². The number of methoxy groups -OCH3 is 1. The van der Waals surface area contributed by atoms with Gasteiger partial charge in [-0.25, -0.2) is 0 Å². The summed E-state index contributed by atoms with van der Waals surface area (Å²) in [5, 5.41) is 5.04. The molecule has 136 valence electrons. The van der Waals surface area contributed by atoms with Crippen molar-refractivity contribution >= 4 is 17.3 Å². The van der Waals surface area contributed by atoms with E-state index in [0.717, 1.165) is 12.0 Å². The van der Waals surface area contributed by atoms with Crippen molar-refractivity contribution in [3.05, 3.63) is 46.2 Å². The van der Waals surface area contributed by atoms with Crippen molar-refractivity contribution in [3.8, 4) is 11.5 Å². The van der Waals surface area contributed by atoms with Crippen molar-refractivity contribution in [1.82, 2.24) is 5.32 Å². The van der Waals surface area contributed by atoms with E-state index in [1.54, 1.807) is 23.5 Å². The third-order valence-electron chi connectivity index (χ3n) is 3.38. The Labute approximate surface area is 149 Å². The maximum Gasteiger partial charge on any atom is 0.387 e. The molecule has 0 amide bonds.